The van der Waals surface area contributed by atoms with Crippen LogP contribution >= 0.6 is 0 Å². The molecule has 2 unspecified atom stereocenters. The van der Waals surface area contributed by atoms with Gasteiger partial charge in [-0.3, -0.25) is 10.1 Å². The van der Waals surface area contributed by atoms with Crippen molar-refractivity contribution in [1.82, 2.24) is 15.3 Å². The molecule has 2 rings (SSSR count). The third-order valence-corrected chi connectivity index (χ3v) is 3.03. The molecule has 6 nitrogen and oxygen atoms in total. The van der Waals surface area contributed by atoms with Crippen LogP contribution in [0.15, 0.2) is 36.7 Å². The summed E-state index contributed by atoms with van der Waals surface area (Å²) in [6, 6.07) is 6.62. The molecule has 6 heteroatoms. The number of nitrogens with one attached hydrogen (secondary N) is 2. The molecular weight excluding hydrogens is 244 g/mol. The van der Waals surface area contributed by atoms with E-state index < -0.39 is 0 Å². The molecule has 0 saturated heterocycles. The Hall–Kier alpha value is -2.21. The standard InChI is InChI=1S/C13H16N4O2/c1-9(16-10(2)13-14-7-8-15-13)11-5-3-4-6-12(11)17(18)19/h3-10,16H,1-2H3,(H,14,15). The lowest BCUT2D eigenvalue weighted by molar-refractivity contribution is -0.385. The molecule has 1 heterocycles. The summed E-state index contributed by atoms with van der Waals surface area (Å²) in [5.74, 6) is 0.811. The number of H-pyrrole nitrogens is 1. The SMILES string of the molecule is CC(NC(C)c1ccccc1[N+](=O)[O-])c1ncc[nH]1. The Bertz CT molecular complexity index is 554. The third kappa shape index (κ3) is 2.97. The summed E-state index contributed by atoms with van der Waals surface area (Å²) in [6.45, 7) is 3.87. The van der Waals surface area contributed by atoms with E-state index >= 15 is 0 Å². The molecule has 0 spiro atoms. The molecule has 1 aromatic heterocycles. The van der Waals surface area contributed by atoms with Crippen LogP contribution in [-0.2, 0) is 0 Å². The zero-order chi connectivity index (χ0) is 13.8. The summed E-state index contributed by atoms with van der Waals surface area (Å²) in [5.41, 5.74) is 0.806. The van der Waals surface area contributed by atoms with Crippen LogP contribution in [0, 0.1) is 10.1 Å². The quantitative estimate of drug-likeness (QED) is 0.639. The largest absolute Gasteiger partial charge is 0.347 e. The van der Waals surface area contributed by atoms with E-state index in [-0.39, 0.29) is 22.7 Å². The van der Waals surface area contributed by atoms with Gasteiger partial charge < -0.3 is 10.3 Å². The zero-order valence-electron chi connectivity index (χ0n) is 10.8. The van der Waals surface area contributed by atoms with Crippen LogP contribution < -0.4 is 5.32 Å². The fourth-order valence-electron chi connectivity index (χ4n) is 2.08. The van der Waals surface area contributed by atoms with Crippen molar-refractivity contribution in [3.63, 3.8) is 0 Å². The highest BCUT2D eigenvalue weighted by Crippen LogP contribution is 2.26. The molecule has 100 valence electrons. The van der Waals surface area contributed by atoms with E-state index in [4.69, 9.17) is 0 Å². The maximum absolute atomic E-state index is 11.0. The molecule has 0 aliphatic heterocycles. The molecule has 0 saturated carbocycles. The summed E-state index contributed by atoms with van der Waals surface area (Å²) in [7, 11) is 0. The molecule has 1 aromatic carbocycles. The van der Waals surface area contributed by atoms with Gasteiger partial charge in [0.25, 0.3) is 5.69 Å². The van der Waals surface area contributed by atoms with Gasteiger partial charge in [-0.1, -0.05) is 18.2 Å². The number of rotatable bonds is 5. The Balaban J connectivity index is 2.16. The molecule has 0 aliphatic carbocycles. The zero-order valence-corrected chi connectivity index (χ0v) is 10.8. The van der Waals surface area contributed by atoms with Crippen LogP contribution in [0.4, 0.5) is 5.69 Å². The third-order valence-electron chi connectivity index (χ3n) is 3.03. The van der Waals surface area contributed by atoms with Crippen molar-refractivity contribution in [2.45, 2.75) is 25.9 Å². The number of para-hydroxylation sites is 1. The Labute approximate surface area is 111 Å². The second-order valence-corrected chi connectivity index (χ2v) is 4.40. The second-order valence-electron chi connectivity index (χ2n) is 4.40. The lowest BCUT2D eigenvalue weighted by Crippen LogP contribution is -2.24. The Morgan fingerprint density at radius 3 is 2.68 bits per heavy atom. The number of benzene rings is 1. The monoisotopic (exact) mass is 260 g/mol. The van der Waals surface area contributed by atoms with E-state index in [1.807, 2.05) is 13.8 Å². The lowest BCUT2D eigenvalue weighted by atomic mass is 10.1. The van der Waals surface area contributed by atoms with E-state index in [1.165, 1.54) is 6.07 Å². The summed E-state index contributed by atoms with van der Waals surface area (Å²) in [5, 5.41) is 14.3. The van der Waals surface area contributed by atoms with E-state index in [0.29, 0.717) is 5.56 Å². The maximum Gasteiger partial charge on any atom is 0.274 e. The van der Waals surface area contributed by atoms with Gasteiger partial charge in [0.2, 0.25) is 0 Å². The van der Waals surface area contributed by atoms with Crippen molar-refractivity contribution in [2.24, 2.45) is 0 Å². The highest BCUT2D eigenvalue weighted by molar-refractivity contribution is 5.41. The molecule has 0 aliphatic rings. The van der Waals surface area contributed by atoms with Gasteiger partial charge in [0, 0.05) is 30.1 Å². The van der Waals surface area contributed by atoms with Gasteiger partial charge >= 0.3 is 0 Å². The highest BCUT2D eigenvalue weighted by Gasteiger charge is 2.20. The number of nitrogens with zero attached hydrogens (tertiary/aromatic N) is 2. The lowest BCUT2D eigenvalue weighted by Gasteiger charge is -2.18. The van der Waals surface area contributed by atoms with Crippen LogP contribution in [-0.4, -0.2) is 14.9 Å². The Kier molecular flexibility index (Phi) is 3.91. The molecule has 0 amide bonds. The Morgan fingerprint density at radius 1 is 1.32 bits per heavy atom. The fourth-order valence-corrected chi connectivity index (χ4v) is 2.08. The minimum atomic E-state index is -0.356. The maximum atomic E-state index is 11.0. The second kappa shape index (κ2) is 5.62. The fraction of sp³-hybridized carbons (Fsp3) is 0.308. The Morgan fingerprint density at radius 2 is 2.05 bits per heavy atom. The van der Waals surface area contributed by atoms with Crippen LogP contribution in [0.1, 0.15) is 37.3 Å². The van der Waals surface area contributed by atoms with Crippen molar-refractivity contribution in [3.8, 4) is 0 Å². The van der Waals surface area contributed by atoms with Gasteiger partial charge in [-0.05, 0) is 13.8 Å². The first-order chi connectivity index (χ1) is 9.09. The van der Waals surface area contributed by atoms with Crippen molar-refractivity contribution in [1.29, 1.82) is 0 Å². The van der Waals surface area contributed by atoms with Gasteiger partial charge in [-0.25, -0.2) is 4.98 Å². The van der Waals surface area contributed by atoms with Gasteiger partial charge in [-0.2, -0.15) is 0 Å². The summed E-state index contributed by atoms with van der Waals surface area (Å²) in [4.78, 5) is 17.8. The van der Waals surface area contributed by atoms with Crippen LogP contribution in [0.5, 0.6) is 0 Å². The van der Waals surface area contributed by atoms with Crippen molar-refractivity contribution < 1.29 is 4.92 Å². The molecule has 2 aromatic rings. The normalized spacial score (nSPS) is 14.0. The van der Waals surface area contributed by atoms with Gasteiger partial charge in [0.15, 0.2) is 0 Å². The smallest absolute Gasteiger partial charge is 0.274 e. The first-order valence-electron chi connectivity index (χ1n) is 6.08. The van der Waals surface area contributed by atoms with Gasteiger partial charge in [-0.15, -0.1) is 0 Å². The predicted molar refractivity (Wildman–Crippen MR) is 71.6 cm³/mol. The van der Waals surface area contributed by atoms with Crippen molar-refractivity contribution >= 4 is 5.69 Å². The minimum Gasteiger partial charge on any atom is -0.347 e. The molecular formula is C13H16N4O2. The van der Waals surface area contributed by atoms with E-state index in [1.54, 1.807) is 30.6 Å². The average Bonchev–Trinajstić information content (AvgIpc) is 2.92. The molecule has 19 heavy (non-hydrogen) atoms. The van der Waals surface area contributed by atoms with E-state index in [0.717, 1.165) is 5.82 Å². The number of nitro groups is 1. The first kappa shape index (κ1) is 13.2. The predicted octanol–water partition coefficient (Wildman–Crippen LogP) is 2.73. The minimum absolute atomic E-state index is 0.00943. The molecule has 0 fully saturated rings. The topological polar surface area (TPSA) is 83.8 Å². The number of hydrogen-bond acceptors (Lipinski definition) is 4. The number of imidazole rings is 1. The first-order valence-corrected chi connectivity index (χ1v) is 6.08. The van der Waals surface area contributed by atoms with Gasteiger partial charge in [0.05, 0.1) is 11.0 Å². The number of aromatic amines is 1. The van der Waals surface area contributed by atoms with Gasteiger partial charge in [0.1, 0.15) is 5.82 Å². The van der Waals surface area contributed by atoms with E-state index in [9.17, 15) is 10.1 Å². The van der Waals surface area contributed by atoms with Crippen LogP contribution in [0.2, 0.25) is 0 Å². The molecule has 2 atom stereocenters. The average molecular weight is 260 g/mol. The van der Waals surface area contributed by atoms with Crippen molar-refractivity contribution in [3.05, 3.63) is 58.2 Å². The number of nitro benzene ring substituents is 1. The molecule has 0 radical (unpaired) electrons. The van der Waals surface area contributed by atoms with E-state index in [2.05, 4.69) is 15.3 Å². The number of aromatic nitrogens is 2. The molecule has 0 bridgehead atoms. The summed E-state index contributed by atoms with van der Waals surface area (Å²) < 4.78 is 0. The summed E-state index contributed by atoms with van der Waals surface area (Å²) in [6.07, 6.45) is 3.44. The number of hydrogen-bond donors (Lipinski definition) is 2. The highest BCUT2D eigenvalue weighted by atomic mass is 16.6. The van der Waals surface area contributed by atoms with Crippen LogP contribution in [0.3, 0.4) is 0 Å². The summed E-state index contributed by atoms with van der Waals surface area (Å²) >= 11 is 0. The van der Waals surface area contributed by atoms with Crippen LogP contribution in [0.25, 0.3) is 0 Å². The molecule has 2 N–H and O–H groups in total. The van der Waals surface area contributed by atoms with Crippen molar-refractivity contribution in [2.75, 3.05) is 0 Å².